The van der Waals surface area contributed by atoms with Gasteiger partial charge in [-0.1, -0.05) is 0 Å². The van der Waals surface area contributed by atoms with Crippen molar-refractivity contribution >= 4 is 23.4 Å². The average molecular weight is 372 g/mol. The molecule has 1 aromatic rings. The van der Waals surface area contributed by atoms with Gasteiger partial charge in [0.1, 0.15) is 11.5 Å². The van der Waals surface area contributed by atoms with Crippen LogP contribution in [0.3, 0.4) is 0 Å². The van der Waals surface area contributed by atoms with Crippen molar-refractivity contribution in [2.45, 2.75) is 26.2 Å². The third kappa shape index (κ3) is 4.27. The molecule has 1 aromatic carbocycles. The smallest absolute Gasteiger partial charge is 0.270 e. The highest BCUT2D eigenvalue weighted by molar-refractivity contribution is 6.39. The number of carbonyl (C=O) groups is 3. The maximum absolute atomic E-state index is 12.8. The highest BCUT2D eigenvalue weighted by atomic mass is 16.5. The number of hydrazone groups is 1. The quantitative estimate of drug-likeness (QED) is 0.855. The molecule has 0 aliphatic carbocycles. The van der Waals surface area contributed by atoms with Gasteiger partial charge in [0.05, 0.1) is 7.11 Å². The fourth-order valence-electron chi connectivity index (χ4n) is 3.33. The van der Waals surface area contributed by atoms with Gasteiger partial charge < -0.3 is 14.5 Å². The number of nitrogens with zero attached hydrogens (tertiary/aromatic N) is 3. The Morgan fingerprint density at radius 1 is 1.07 bits per heavy atom. The first-order chi connectivity index (χ1) is 13.0. The lowest BCUT2D eigenvalue weighted by atomic mass is 10.1. The Morgan fingerprint density at radius 3 is 2.37 bits per heavy atom. The number of carbonyl (C=O) groups excluding carboxylic acids is 3. The molecule has 0 unspecified atom stereocenters. The molecule has 2 aliphatic rings. The fourth-order valence-corrected chi connectivity index (χ4v) is 3.33. The zero-order chi connectivity index (χ0) is 19.4. The van der Waals surface area contributed by atoms with E-state index in [9.17, 15) is 14.4 Å². The Bertz CT molecular complexity index is 790. The Hall–Kier alpha value is -2.90. The van der Waals surface area contributed by atoms with E-state index in [2.05, 4.69) is 10.5 Å². The largest absolute Gasteiger partial charge is 0.496 e. The molecule has 0 atom stereocenters. The summed E-state index contributed by atoms with van der Waals surface area (Å²) in [6, 6.07) is 5.39. The van der Waals surface area contributed by atoms with Gasteiger partial charge >= 0.3 is 0 Å². The van der Waals surface area contributed by atoms with Gasteiger partial charge in [-0.15, -0.1) is 0 Å². The predicted molar refractivity (Wildman–Crippen MR) is 99.6 cm³/mol. The fraction of sp³-hybridized carbons (Fsp3) is 0.474. The normalized spacial score (nSPS) is 17.7. The molecule has 8 nitrogen and oxygen atoms in total. The van der Waals surface area contributed by atoms with E-state index in [0.717, 1.165) is 11.3 Å². The highest BCUT2D eigenvalue weighted by Gasteiger charge is 2.27. The van der Waals surface area contributed by atoms with E-state index < -0.39 is 0 Å². The molecule has 1 N–H and O–H groups in total. The van der Waals surface area contributed by atoms with Gasteiger partial charge in [-0.2, -0.15) is 5.10 Å². The maximum atomic E-state index is 12.8. The molecule has 0 saturated carbocycles. The van der Waals surface area contributed by atoms with E-state index in [1.165, 1.54) is 0 Å². The molecule has 27 heavy (non-hydrogen) atoms. The van der Waals surface area contributed by atoms with Gasteiger partial charge in [0.2, 0.25) is 5.91 Å². The summed E-state index contributed by atoms with van der Waals surface area (Å²) in [4.78, 5) is 40.1. The van der Waals surface area contributed by atoms with Gasteiger partial charge in [0.15, 0.2) is 0 Å². The number of methoxy groups -OCH3 is 1. The lowest BCUT2D eigenvalue weighted by molar-refractivity contribution is -0.124. The predicted octanol–water partition coefficient (Wildman–Crippen LogP) is 0.944. The first kappa shape index (κ1) is 18.9. The highest BCUT2D eigenvalue weighted by Crippen LogP contribution is 2.20. The number of hydrogen-bond acceptors (Lipinski definition) is 5. The summed E-state index contributed by atoms with van der Waals surface area (Å²) in [6.45, 7) is 3.98. The second-order valence-electron chi connectivity index (χ2n) is 6.72. The molecule has 3 rings (SSSR count). The van der Waals surface area contributed by atoms with Crippen LogP contribution in [-0.2, 0) is 9.59 Å². The summed E-state index contributed by atoms with van der Waals surface area (Å²) in [7, 11) is 1.60. The van der Waals surface area contributed by atoms with Crippen molar-refractivity contribution in [2.24, 2.45) is 5.10 Å². The van der Waals surface area contributed by atoms with Crippen LogP contribution >= 0.6 is 0 Å². The van der Waals surface area contributed by atoms with Crippen LogP contribution < -0.4 is 10.2 Å². The third-order valence-electron chi connectivity index (χ3n) is 4.86. The van der Waals surface area contributed by atoms with Crippen LogP contribution in [-0.4, -0.2) is 66.5 Å². The molecule has 0 spiro atoms. The van der Waals surface area contributed by atoms with E-state index in [-0.39, 0.29) is 24.1 Å². The van der Waals surface area contributed by atoms with E-state index in [4.69, 9.17) is 4.74 Å². The van der Waals surface area contributed by atoms with Crippen LogP contribution in [0.2, 0.25) is 0 Å². The lowest BCUT2D eigenvalue weighted by Gasteiger charge is -2.23. The number of hydrogen-bond donors (Lipinski definition) is 1. The van der Waals surface area contributed by atoms with Crippen molar-refractivity contribution in [2.75, 3.05) is 33.3 Å². The van der Waals surface area contributed by atoms with Gasteiger partial charge in [-0.3, -0.25) is 14.4 Å². The number of amides is 3. The molecule has 2 aliphatic heterocycles. The summed E-state index contributed by atoms with van der Waals surface area (Å²) < 4.78 is 5.24. The first-order valence-corrected chi connectivity index (χ1v) is 9.08. The van der Waals surface area contributed by atoms with Crippen LogP contribution in [0.15, 0.2) is 23.3 Å². The Balaban J connectivity index is 1.64. The van der Waals surface area contributed by atoms with Crippen LogP contribution in [0, 0.1) is 6.92 Å². The molecule has 0 aromatic heterocycles. The summed E-state index contributed by atoms with van der Waals surface area (Å²) in [6.07, 6.45) is 1.33. The van der Waals surface area contributed by atoms with E-state index in [0.29, 0.717) is 50.3 Å². The van der Waals surface area contributed by atoms with Crippen molar-refractivity contribution < 1.29 is 19.1 Å². The minimum atomic E-state index is -0.172. The zero-order valence-corrected chi connectivity index (χ0v) is 15.7. The Morgan fingerprint density at radius 2 is 1.78 bits per heavy atom. The standard InChI is InChI=1S/C19H24N4O4/c1-13-12-14(4-6-16(13)27-2)18(25)22-8-3-9-23(11-10-22)19(26)15-5-7-17(24)21-20-15/h4,6,12H,3,5,7-11H2,1-2H3,(H,21,24). The van der Waals surface area contributed by atoms with Crippen LogP contribution in [0.4, 0.5) is 0 Å². The van der Waals surface area contributed by atoms with E-state index >= 15 is 0 Å². The Kier molecular flexibility index (Phi) is 5.73. The van der Waals surface area contributed by atoms with E-state index in [1.807, 2.05) is 13.0 Å². The number of rotatable bonds is 3. The molecule has 1 saturated heterocycles. The minimum Gasteiger partial charge on any atom is -0.496 e. The van der Waals surface area contributed by atoms with Crippen molar-refractivity contribution in [1.29, 1.82) is 0 Å². The summed E-state index contributed by atoms with van der Waals surface area (Å²) in [5.41, 5.74) is 4.26. The monoisotopic (exact) mass is 372 g/mol. The lowest BCUT2D eigenvalue weighted by Crippen LogP contribution is -2.42. The van der Waals surface area contributed by atoms with Crippen LogP contribution in [0.5, 0.6) is 5.75 Å². The summed E-state index contributed by atoms with van der Waals surface area (Å²) >= 11 is 0. The van der Waals surface area contributed by atoms with Crippen molar-refractivity contribution in [3.8, 4) is 5.75 Å². The molecule has 3 amide bonds. The molecular weight excluding hydrogens is 348 g/mol. The molecular formula is C19H24N4O4. The van der Waals surface area contributed by atoms with Gasteiger partial charge in [-0.05, 0) is 37.1 Å². The second-order valence-corrected chi connectivity index (χ2v) is 6.72. The first-order valence-electron chi connectivity index (χ1n) is 9.08. The molecule has 2 heterocycles. The molecule has 1 fully saturated rings. The Labute approximate surface area is 158 Å². The van der Waals surface area contributed by atoms with Crippen LogP contribution in [0.25, 0.3) is 0 Å². The molecule has 0 radical (unpaired) electrons. The molecule has 8 heteroatoms. The topological polar surface area (TPSA) is 91.3 Å². The maximum Gasteiger partial charge on any atom is 0.270 e. The second kappa shape index (κ2) is 8.20. The van der Waals surface area contributed by atoms with Gasteiger partial charge in [0.25, 0.3) is 11.8 Å². The average Bonchev–Trinajstić information content (AvgIpc) is 2.93. The third-order valence-corrected chi connectivity index (χ3v) is 4.86. The van der Waals surface area contributed by atoms with E-state index in [1.54, 1.807) is 29.0 Å². The number of benzene rings is 1. The molecule has 0 bridgehead atoms. The van der Waals surface area contributed by atoms with Crippen molar-refractivity contribution in [3.63, 3.8) is 0 Å². The summed E-state index contributed by atoms with van der Waals surface area (Å²) in [5, 5.41) is 3.88. The zero-order valence-electron chi connectivity index (χ0n) is 15.7. The van der Waals surface area contributed by atoms with Gasteiger partial charge in [0, 0.05) is 44.6 Å². The SMILES string of the molecule is COc1ccc(C(=O)N2CCCN(C(=O)C3=NNC(=O)CC3)CC2)cc1C. The number of ether oxygens (including phenoxy) is 1. The minimum absolute atomic E-state index is 0.0441. The number of nitrogens with one attached hydrogen (secondary N) is 1. The molecule has 144 valence electrons. The number of aryl methyl sites for hydroxylation is 1. The van der Waals surface area contributed by atoms with Crippen molar-refractivity contribution in [3.05, 3.63) is 29.3 Å². The van der Waals surface area contributed by atoms with Crippen LogP contribution in [0.1, 0.15) is 35.2 Å². The van der Waals surface area contributed by atoms with Gasteiger partial charge in [-0.25, -0.2) is 5.43 Å². The van der Waals surface area contributed by atoms with Crippen molar-refractivity contribution in [1.82, 2.24) is 15.2 Å². The summed E-state index contributed by atoms with van der Waals surface area (Å²) in [5.74, 6) is 0.371.